The van der Waals surface area contributed by atoms with Gasteiger partial charge in [-0.3, -0.25) is 19.2 Å². The van der Waals surface area contributed by atoms with Crippen LogP contribution in [0.5, 0.6) is 23.0 Å². The first-order valence-electron chi connectivity index (χ1n) is 33.1. The third-order valence-electron chi connectivity index (χ3n) is 15.6. The van der Waals surface area contributed by atoms with E-state index in [4.69, 9.17) is 61.7 Å². The van der Waals surface area contributed by atoms with Gasteiger partial charge in [-0.15, -0.1) is 0 Å². The summed E-state index contributed by atoms with van der Waals surface area (Å²) in [4.78, 5) is 59.3. The highest BCUT2D eigenvalue weighted by Crippen LogP contribution is 2.30. The Labute approximate surface area is 655 Å². The summed E-state index contributed by atoms with van der Waals surface area (Å²) < 4.78 is 0. The Hall–Kier alpha value is -13.8. The fourth-order valence-electron chi connectivity index (χ4n) is 10.3. The van der Waals surface area contributed by atoms with E-state index < -0.39 is 35.7 Å². The maximum absolute atomic E-state index is 12.2. The van der Waals surface area contributed by atoms with Crippen LogP contribution in [0.1, 0.15) is 99.3 Å². The number of hydrogen-bond donors (Lipinski definition) is 12. The number of aliphatic hydroxyl groups is 3. The zero-order chi connectivity index (χ0) is 79.3. The van der Waals surface area contributed by atoms with Crippen LogP contribution in [0, 0.1) is 47.4 Å². The number of rotatable bonds is 13. The van der Waals surface area contributed by atoms with Crippen molar-refractivity contribution in [2.45, 2.75) is 19.4 Å². The summed E-state index contributed by atoms with van der Waals surface area (Å²) in [7, 11) is 0. The third-order valence-corrected chi connectivity index (χ3v) is 16.8. The number of carboxylic acid groups (broad SMARTS) is 1. The van der Waals surface area contributed by atoms with E-state index in [1.165, 1.54) is 79.0 Å². The molecule has 0 saturated heterocycles. The number of nitrogens with one attached hydrogen (secondary N) is 4. The van der Waals surface area contributed by atoms with Crippen LogP contribution >= 0.6 is 46.4 Å². The van der Waals surface area contributed by atoms with Crippen LogP contribution in [0.4, 0.5) is 0 Å². The minimum absolute atomic E-state index is 0.0294. The van der Waals surface area contributed by atoms with Gasteiger partial charge in [0.05, 0.1) is 51.6 Å². The number of nitrogens with zero attached hydrogens (tertiary/aromatic N) is 4. The smallest absolute Gasteiger partial charge is 0.382 e. The van der Waals surface area contributed by atoms with Crippen molar-refractivity contribution in [2.24, 2.45) is 20.4 Å². The van der Waals surface area contributed by atoms with Crippen LogP contribution in [0.2, 0.25) is 20.1 Å². The molecule has 0 saturated carbocycles. The molecule has 12 rings (SSSR count). The highest BCUT2D eigenvalue weighted by atomic mass is 35.5. The molecule has 111 heavy (non-hydrogen) atoms. The Morgan fingerprint density at radius 1 is 0.378 bits per heavy atom. The van der Waals surface area contributed by atoms with E-state index in [2.05, 4.69) is 89.5 Å². The number of fused-ring (bicyclic) bond motifs is 4. The Morgan fingerprint density at radius 2 is 0.649 bits per heavy atom. The van der Waals surface area contributed by atoms with Gasteiger partial charge >= 0.3 is 5.97 Å². The monoisotopic (exact) mass is 1550 g/mol. The lowest BCUT2D eigenvalue weighted by atomic mass is 10.00. The van der Waals surface area contributed by atoms with Crippen molar-refractivity contribution >= 4 is 144 Å². The van der Waals surface area contributed by atoms with Crippen LogP contribution in [-0.2, 0) is 4.79 Å². The third kappa shape index (κ3) is 22.9. The van der Waals surface area contributed by atoms with Gasteiger partial charge in [0.25, 0.3) is 23.6 Å². The van der Waals surface area contributed by atoms with Gasteiger partial charge in [-0.2, -0.15) is 20.4 Å². The molecule has 0 radical (unpaired) electrons. The second kappa shape index (κ2) is 40.2. The Bertz CT molecular complexity index is 5960. The molecule has 21 nitrogen and oxygen atoms in total. The first-order chi connectivity index (χ1) is 53.6. The summed E-state index contributed by atoms with van der Waals surface area (Å²) in [6, 6.07) is 61.7. The number of amides is 4. The number of carbonyl (C=O) groups excluding carboxylic acids is 4. The molecule has 0 aliphatic rings. The molecule has 12 aromatic rings. The van der Waals surface area contributed by atoms with E-state index in [9.17, 15) is 49.5 Å². The fraction of sp³-hybridized carbons (Fsp3) is 0.0581. The van der Waals surface area contributed by atoms with Crippen molar-refractivity contribution in [1.29, 1.82) is 0 Å². The van der Waals surface area contributed by atoms with E-state index in [1.807, 2.05) is 133 Å². The summed E-state index contributed by atoms with van der Waals surface area (Å²) >= 11 is 23.2. The predicted molar refractivity (Wildman–Crippen MR) is 434 cm³/mol. The van der Waals surface area contributed by atoms with Gasteiger partial charge in [0.1, 0.15) is 35.7 Å². The van der Waals surface area contributed by atoms with Gasteiger partial charge in [-0.05, 0) is 147 Å². The summed E-state index contributed by atoms with van der Waals surface area (Å²) in [5, 5.41) is 97.1. The summed E-state index contributed by atoms with van der Waals surface area (Å²) in [5.41, 5.74) is 17.1. The van der Waals surface area contributed by atoms with Crippen LogP contribution in [0.15, 0.2) is 239 Å². The minimum atomic E-state index is -1.20. The van der Waals surface area contributed by atoms with Gasteiger partial charge in [0.2, 0.25) is 0 Å². The van der Waals surface area contributed by atoms with Crippen LogP contribution in [0.3, 0.4) is 0 Å². The lowest BCUT2D eigenvalue weighted by Gasteiger charge is -2.05. The van der Waals surface area contributed by atoms with Crippen molar-refractivity contribution in [2.75, 3.05) is 13.2 Å². The average molecular weight is 1560 g/mol. The fourth-order valence-corrected chi connectivity index (χ4v) is 11.0. The zero-order valence-electron chi connectivity index (χ0n) is 58.2. The molecule has 12 N–H and O–H groups in total. The minimum Gasteiger partial charge on any atom is -0.506 e. The molecule has 1 unspecified atom stereocenters. The number of phenols is 4. The van der Waals surface area contributed by atoms with Gasteiger partial charge in [-0.1, -0.05) is 209 Å². The first-order valence-corrected chi connectivity index (χ1v) is 34.6. The quantitative estimate of drug-likeness (QED) is 0.0290. The van der Waals surface area contributed by atoms with Crippen LogP contribution in [0.25, 0.3) is 43.1 Å². The molecule has 4 amide bonds. The van der Waals surface area contributed by atoms with E-state index >= 15 is 0 Å². The Kier molecular flexibility index (Phi) is 29.5. The summed E-state index contributed by atoms with van der Waals surface area (Å²) in [5.74, 6) is 18.6. The van der Waals surface area contributed by atoms with Gasteiger partial charge in [-0.25, -0.2) is 26.5 Å². The second-order valence-electron chi connectivity index (χ2n) is 23.2. The highest BCUT2D eigenvalue weighted by molar-refractivity contribution is 6.33. The molecule has 552 valence electrons. The maximum atomic E-state index is 12.2. The van der Waals surface area contributed by atoms with E-state index in [0.717, 1.165) is 82.0 Å². The van der Waals surface area contributed by atoms with Crippen molar-refractivity contribution in [3.8, 4) is 70.4 Å². The normalized spacial score (nSPS) is 10.9. The number of halogens is 4. The molecule has 0 heterocycles. The largest absolute Gasteiger partial charge is 0.506 e. The summed E-state index contributed by atoms with van der Waals surface area (Å²) in [6.07, 6.45) is 5.86. The van der Waals surface area contributed by atoms with Crippen LogP contribution < -0.4 is 21.7 Å². The van der Waals surface area contributed by atoms with E-state index in [0.29, 0.717) is 17.5 Å². The molecule has 25 heteroatoms. The number of benzene rings is 12. The predicted octanol–water partition coefficient (Wildman–Crippen LogP) is 14.1. The molecule has 12 aromatic carbocycles. The van der Waals surface area contributed by atoms with Crippen LogP contribution in [-0.4, -0.2) is 115 Å². The number of carboxylic acids is 1. The van der Waals surface area contributed by atoms with Crippen molar-refractivity contribution in [3.05, 3.63) is 305 Å². The van der Waals surface area contributed by atoms with Crippen molar-refractivity contribution < 1.29 is 64.8 Å². The SMILES string of the molecule is CC(O)C#Cc1ccc(/C=N/NC(=O)c2ccc(O)c(Cl)c2)c2ccccc12.O=C(N/N=C/c1ccc(C#CCCO)c2ccccc12)c1ccc(O)c(Cl)c1.O=C(N/N=C/c1ccc(C#CCO)c2ccccc12)c1ccc(O)c(Cl)c1.O=C(O)C#Cc1ccc(/C=N/NC(=O)c2ccc(O)c(Cl)c2)c2ccccc12. The number of aliphatic hydroxyl groups excluding tert-OH is 3. The molecule has 0 fully saturated rings. The average Bonchev–Trinajstić information content (AvgIpc) is 0.816. The summed E-state index contributed by atoms with van der Waals surface area (Å²) in [6.45, 7) is 1.44. The van der Waals surface area contributed by atoms with E-state index in [1.54, 1.807) is 37.7 Å². The Morgan fingerprint density at radius 3 is 0.910 bits per heavy atom. The second-order valence-corrected chi connectivity index (χ2v) is 24.8. The maximum Gasteiger partial charge on any atom is 0.382 e. The lowest BCUT2D eigenvalue weighted by Crippen LogP contribution is -2.17. The lowest BCUT2D eigenvalue weighted by molar-refractivity contribution is -0.130. The molecule has 1 atom stereocenters. The Balaban J connectivity index is 0.000000170. The molecule has 0 aliphatic carbocycles. The molecule has 0 aromatic heterocycles. The zero-order valence-corrected chi connectivity index (χ0v) is 61.2. The topological polar surface area (TPSA) is 345 Å². The number of phenolic OH excluding ortho intramolecular Hbond substituents is 4. The first kappa shape index (κ1) is 81.3. The molecule has 0 aliphatic heterocycles. The number of aromatic hydroxyl groups is 4. The van der Waals surface area contributed by atoms with Gasteiger partial charge < -0.3 is 40.9 Å². The molecular formula is C86H62Cl4N8O13. The standard InChI is InChI=1S/2C22H17ClN2O3.C21H13ClN2O4.C21H15ClN2O3/c1-14(26)6-7-15-8-9-17(19-5-3-2-4-18(15)19)13-24-25-22(28)16-10-11-21(27)20(23)12-16;23-20-13-16(10-11-21(20)27)22(28)25-24-14-17-9-8-15(5-3-4-12-26)18-6-1-2-7-19(17)18;22-18-11-14(7-9-19(18)25)21(28)24-23-12-15-6-5-13(8-10-20(26)27)16-3-1-2-4-17(15)16;22-19-12-15(9-10-20(19)26)21(27)24-23-13-16-8-7-14(4-3-11-25)17-5-1-2-6-18(16)17/h2-5,8-14,26-27H,1H3,(H,25,28);1-2,6-11,13-14,26-27H,4,12H2,(H,25,28);1-7,9,11-12,25H,(H,24,28)(H,26,27);1-2,5-10,12-13,25-26H,11H2,(H,24,27)/b24-13+;24-14+;23-12+;23-13+. The van der Waals surface area contributed by atoms with Gasteiger partial charge in [0, 0.05) is 79.1 Å². The molecule has 0 bridgehead atoms. The van der Waals surface area contributed by atoms with Gasteiger partial charge in [0.15, 0.2) is 0 Å². The van der Waals surface area contributed by atoms with Crippen molar-refractivity contribution in [3.63, 3.8) is 0 Å². The molecular weight excluding hydrogens is 1490 g/mol. The van der Waals surface area contributed by atoms with Crippen molar-refractivity contribution in [1.82, 2.24) is 21.7 Å². The van der Waals surface area contributed by atoms with E-state index in [-0.39, 0.29) is 73.0 Å². The number of aliphatic carboxylic acids is 1. The highest BCUT2D eigenvalue weighted by Gasteiger charge is 2.14. The number of hydrogen-bond acceptors (Lipinski definition) is 16. The number of hydrazone groups is 4. The molecule has 0 spiro atoms. The number of carbonyl (C=O) groups is 5.